The van der Waals surface area contributed by atoms with Crippen molar-refractivity contribution in [2.75, 3.05) is 32.8 Å². The summed E-state index contributed by atoms with van der Waals surface area (Å²) in [5.41, 5.74) is 8.92. The number of nitrogens with two attached hydrogens (primary N) is 1. The van der Waals surface area contributed by atoms with Crippen molar-refractivity contribution in [1.29, 1.82) is 0 Å². The van der Waals surface area contributed by atoms with Gasteiger partial charge >= 0.3 is 0 Å². The lowest BCUT2D eigenvalue weighted by atomic mass is 9.91. The van der Waals surface area contributed by atoms with Crippen LogP contribution in [0.5, 0.6) is 0 Å². The highest BCUT2D eigenvalue weighted by atomic mass is 16.5. The van der Waals surface area contributed by atoms with Crippen LogP contribution in [0.15, 0.2) is 24.3 Å². The molecular weight excluding hydrogens is 224 g/mol. The normalized spacial score (nSPS) is 28.3. The number of benzene rings is 1. The topological polar surface area (TPSA) is 38.5 Å². The minimum atomic E-state index is 0.399. The van der Waals surface area contributed by atoms with E-state index >= 15 is 0 Å². The number of ether oxygens (including phenoxy) is 1. The Balaban J connectivity index is 1.76. The van der Waals surface area contributed by atoms with E-state index in [0.717, 1.165) is 32.7 Å². The first kappa shape index (κ1) is 12.2. The fourth-order valence-electron chi connectivity index (χ4n) is 3.26. The van der Waals surface area contributed by atoms with Gasteiger partial charge in [0.25, 0.3) is 0 Å². The maximum atomic E-state index is 6.01. The third kappa shape index (κ3) is 2.30. The number of rotatable bonds is 3. The van der Waals surface area contributed by atoms with Crippen LogP contribution >= 0.6 is 0 Å². The Bertz CT molecular complexity index is 401. The summed E-state index contributed by atoms with van der Waals surface area (Å²) in [7, 11) is 0. The summed E-state index contributed by atoms with van der Waals surface area (Å²) in [5.74, 6) is 0.698. The number of nitrogens with zero attached hydrogens (tertiary/aromatic N) is 1. The number of fused-ring (bicyclic) bond motifs is 1. The molecule has 2 aliphatic heterocycles. The van der Waals surface area contributed by atoms with Gasteiger partial charge in [0.05, 0.1) is 6.61 Å². The lowest BCUT2D eigenvalue weighted by Gasteiger charge is -2.38. The van der Waals surface area contributed by atoms with Crippen molar-refractivity contribution in [3.63, 3.8) is 0 Å². The first-order valence-electron chi connectivity index (χ1n) is 6.98. The molecule has 0 spiro atoms. The summed E-state index contributed by atoms with van der Waals surface area (Å²) in [5, 5.41) is 0. The molecule has 1 aromatic carbocycles. The van der Waals surface area contributed by atoms with Crippen molar-refractivity contribution in [1.82, 2.24) is 4.90 Å². The molecule has 1 aromatic rings. The van der Waals surface area contributed by atoms with Crippen molar-refractivity contribution >= 4 is 0 Å². The zero-order chi connectivity index (χ0) is 12.4. The molecule has 0 amide bonds. The summed E-state index contributed by atoms with van der Waals surface area (Å²) >= 11 is 0. The van der Waals surface area contributed by atoms with Gasteiger partial charge in [0.1, 0.15) is 0 Å². The first-order chi connectivity index (χ1) is 8.88. The molecule has 0 radical (unpaired) electrons. The van der Waals surface area contributed by atoms with Crippen LogP contribution in [-0.4, -0.2) is 37.7 Å². The van der Waals surface area contributed by atoms with Crippen molar-refractivity contribution in [3.8, 4) is 0 Å². The van der Waals surface area contributed by atoms with Crippen molar-refractivity contribution in [2.45, 2.75) is 18.9 Å². The van der Waals surface area contributed by atoms with Crippen LogP contribution in [0, 0.1) is 5.92 Å². The minimum Gasteiger partial charge on any atom is -0.381 e. The second kappa shape index (κ2) is 5.39. The lowest BCUT2D eigenvalue weighted by Crippen LogP contribution is -2.42. The van der Waals surface area contributed by atoms with E-state index in [-0.39, 0.29) is 0 Å². The van der Waals surface area contributed by atoms with Gasteiger partial charge < -0.3 is 10.5 Å². The third-order valence-corrected chi connectivity index (χ3v) is 4.26. The van der Waals surface area contributed by atoms with Crippen LogP contribution < -0.4 is 5.73 Å². The Morgan fingerprint density at radius 2 is 2.22 bits per heavy atom. The summed E-state index contributed by atoms with van der Waals surface area (Å²) in [6, 6.07) is 9.14. The van der Waals surface area contributed by atoms with Gasteiger partial charge in [-0.1, -0.05) is 24.3 Å². The first-order valence-corrected chi connectivity index (χ1v) is 6.98. The quantitative estimate of drug-likeness (QED) is 0.880. The number of hydrogen-bond acceptors (Lipinski definition) is 3. The average molecular weight is 246 g/mol. The van der Waals surface area contributed by atoms with E-state index in [0.29, 0.717) is 18.5 Å². The summed E-state index contributed by atoms with van der Waals surface area (Å²) in [6.07, 6.45) is 2.36. The highest BCUT2D eigenvalue weighted by Crippen LogP contribution is 2.30. The minimum absolute atomic E-state index is 0.399. The Morgan fingerprint density at radius 3 is 3.00 bits per heavy atom. The van der Waals surface area contributed by atoms with Gasteiger partial charge in [-0.15, -0.1) is 0 Å². The van der Waals surface area contributed by atoms with Gasteiger partial charge in [-0.25, -0.2) is 0 Å². The van der Waals surface area contributed by atoms with Crippen molar-refractivity contribution in [2.24, 2.45) is 11.7 Å². The van der Waals surface area contributed by atoms with Gasteiger partial charge in [-0.05, 0) is 29.9 Å². The average Bonchev–Trinajstić information content (AvgIpc) is 2.91. The van der Waals surface area contributed by atoms with Gasteiger partial charge in [0.15, 0.2) is 0 Å². The fraction of sp³-hybridized carbons (Fsp3) is 0.600. The molecule has 2 heterocycles. The van der Waals surface area contributed by atoms with Crippen LogP contribution in [0.4, 0.5) is 0 Å². The van der Waals surface area contributed by atoms with Gasteiger partial charge in [-0.2, -0.15) is 0 Å². The van der Waals surface area contributed by atoms with Crippen LogP contribution in [0.3, 0.4) is 0 Å². The predicted octanol–water partition coefficient (Wildman–Crippen LogP) is 1.58. The van der Waals surface area contributed by atoms with E-state index in [1.165, 1.54) is 17.5 Å². The fourth-order valence-corrected chi connectivity index (χ4v) is 3.26. The highest BCUT2D eigenvalue weighted by molar-refractivity contribution is 5.32. The molecule has 3 heteroatoms. The van der Waals surface area contributed by atoms with E-state index in [9.17, 15) is 0 Å². The second-order valence-corrected chi connectivity index (χ2v) is 5.42. The number of hydrogen-bond donors (Lipinski definition) is 1. The van der Waals surface area contributed by atoms with Crippen molar-refractivity contribution in [3.05, 3.63) is 35.4 Å². The van der Waals surface area contributed by atoms with Gasteiger partial charge in [0, 0.05) is 32.3 Å². The van der Waals surface area contributed by atoms with E-state index in [1.807, 2.05) is 0 Å². The maximum Gasteiger partial charge on any atom is 0.0507 e. The SMILES string of the molecule is NCC1c2ccccc2CCN1CC1CCOC1. The molecule has 3 rings (SSSR count). The second-order valence-electron chi connectivity index (χ2n) is 5.42. The van der Waals surface area contributed by atoms with Crippen LogP contribution in [0.25, 0.3) is 0 Å². The van der Waals surface area contributed by atoms with Crippen LogP contribution in [0.1, 0.15) is 23.6 Å². The molecule has 0 aliphatic carbocycles. The molecule has 2 N–H and O–H groups in total. The Labute approximate surface area is 109 Å². The lowest BCUT2D eigenvalue weighted by molar-refractivity contribution is 0.138. The molecule has 2 aliphatic rings. The monoisotopic (exact) mass is 246 g/mol. The Kier molecular flexibility index (Phi) is 3.64. The van der Waals surface area contributed by atoms with E-state index in [2.05, 4.69) is 29.2 Å². The van der Waals surface area contributed by atoms with Crippen molar-refractivity contribution < 1.29 is 4.74 Å². The highest BCUT2D eigenvalue weighted by Gasteiger charge is 2.28. The predicted molar refractivity (Wildman–Crippen MR) is 72.4 cm³/mol. The van der Waals surface area contributed by atoms with Gasteiger partial charge in [-0.3, -0.25) is 4.90 Å². The molecule has 2 unspecified atom stereocenters. The molecule has 18 heavy (non-hydrogen) atoms. The Hall–Kier alpha value is -0.900. The molecule has 1 fully saturated rings. The molecule has 0 bridgehead atoms. The third-order valence-electron chi connectivity index (χ3n) is 4.26. The smallest absolute Gasteiger partial charge is 0.0507 e. The zero-order valence-corrected chi connectivity index (χ0v) is 10.8. The van der Waals surface area contributed by atoms with Gasteiger partial charge in [0.2, 0.25) is 0 Å². The molecule has 3 nitrogen and oxygen atoms in total. The molecular formula is C15H22N2O. The summed E-state index contributed by atoms with van der Waals surface area (Å²) in [4.78, 5) is 2.56. The standard InChI is InChI=1S/C15H22N2O/c16-9-15-14-4-2-1-3-13(14)5-7-17(15)10-12-6-8-18-11-12/h1-4,12,15H,5-11,16H2. The van der Waals surface area contributed by atoms with E-state index in [1.54, 1.807) is 0 Å². The van der Waals surface area contributed by atoms with E-state index in [4.69, 9.17) is 10.5 Å². The van der Waals surface area contributed by atoms with Crippen LogP contribution in [-0.2, 0) is 11.2 Å². The maximum absolute atomic E-state index is 6.01. The van der Waals surface area contributed by atoms with E-state index < -0.39 is 0 Å². The van der Waals surface area contributed by atoms with Crippen LogP contribution in [0.2, 0.25) is 0 Å². The largest absolute Gasteiger partial charge is 0.381 e. The molecule has 98 valence electrons. The molecule has 2 atom stereocenters. The molecule has 0 saturated carbocycles. The Morgan fingerprint density at radius 1 is 1.33 bits per heavy atom. The zero-order valence-electron chi connectivity index (χ0n) is 10.8. The summed E-state index contributed by atoms with van der Waals surface area (Å²) < 4.78 is 5.48. The summed E-state index contributed by atoms with van der Waals surface area (Å²) in [6.45, 7) is 4.84. The molecule has 0 aromatic heterocycles. The molecule has 1 saturated heterocycles.